The molecule has 0 atom stereocenters. The van der Waals surface area contributed by atoms with Gasteiger partial charge in [-0.1, -0.05) is 29.9 Å². The number of carbonyl (C=O) groups excluding carboxylic acids is 1. The Morgan fingerprint density at radius 3 is 2.77 bits per heavy atom. The number of rotatable bonds is 6. The molecule has 1 N–H and O–H groups in total. The van der Waals surface area contributed by atoms with Crippen LogP contribution in [0.15, 0.2) is 35.1 Å². The first-order chi connectivity index (χ1) is 12.4. The molecule has 0 saturated carbocycles. The first kappa shape index (κ1) is 18.5. The van der Waals surface area contributed by atoms with E-state index in [1.807, 2.05) is 6.92 Å². The van der Waals surface area contributed by atoms with Crippen molar-refractivity contribution in [3.05, 3.63) is 56.4 Å². The number of nitrogens with one attached hydrogen (secondary N) is 1. The minimum absolute atomic E-state index is 0.154. The third-order valence-electron chi connectivity index (χ3n) is 3.62. The van der Waals surface area contributed by atoms with Crippen LogP contribution in [0.25, 0.3) is 4.96 Å². The summed E-state index contributed by atoms with van der Waals surface area (Å²) in [6.07, 6.45) is 0.758. The van der Waals surface area contributed by atoms with Gasteiger partial charge in [0.1, 0.15) is 5.01 Å². The molecule has 3 aromatic rings. The van der Waals surface area contributed by atoms with Gasteiger partial charge in [0.25, 0.3) is 5.56 Å². The Morgan fingerprint density at radius 1 is 1.35 bits per heavy atom. The van der Waals surface area contributed by atoms with Crippen LogP contribution < -0.4 is 10.9 Å². The van der Waals surface area contributed by atoms with Gasteiger partial charge in [0, 0.05) is 23.3 Å². The highest BCUT2D eigenvalue weighted by atomic mass is 35.5. The first-order valence-corrected chi connectivity index (χ1v) is 9.26. The maximum Gasteiger partial charge on any atom is 0.275 e. The Hall–Kier alpha value is -2.29. The van der Waals surface area contributed by atoms with Crippen LogP contribution in [0.5, 0.6) is 0 Å². The maximum absolute atomic E-state index is 12.2. The van der Waals surface area contributed by atoms with Gasteiger partial charge in [0.15, 0.2) is 0 Å². The molecule has 0 unspecified atom stereocenters. The Balaban J connectivity index is 1.64. The van der Waals surface area contributed by atoms with Crippen LogP contribution in [0.3, 0.4) is 0 Å². The topological polar surface area (TPSA) is 79.6 Å². The molecule has 7 nitrogen and oxygen atoms in total. The average molecular weight is 392 g/mol. The normalized spacial score (nSPS) is 11.2. The molecule has 0 spiro atoms. The van der Waals surface area contributed by atoms with Crippen LogP contribution >= 0.6 is 22.9 Å². The summed E-state index contributed by atoms with van der Waals surface area (Å²) in [5, 5.41) is 8.51. The predicted molar refractivity (Wildman–Crippen MR) is 103 cm³/mol. The van der Waals surface area contributed by atoms with Gasteiger partial charge in [-0.3, -0.25) is 14.5 Å². The number of nitrogens with zero attached hydrogens (tertiary/aromatic N) is 4. The van der Waals surface area contributed by atoms with Crippen molar-refractivity contribution in [2.24, 2.45) is 0 Å². The van der Waals surface area contributed by atoms with E-state index >= 15 is 0 Å². The van der Waals surface area contributed by atoms with Crippen molar-refractivity contribution in [3.63, 3.8) is 0 Å². The summed E-state index contributed by atoms with van der Waals surface area (Å²) in [5.74, 6) is -0.154. The second-order valence-electron chi connectivity index (χ2n) is 5.86. The Morgan fingerprint density at radius 2 is 2.08 bits per heavy atom. The molecule has 0 aliphatic rings. The zero-order valence-electron chi connectivity index (χ0n) is 14.4. The fraction of sp³-hybridized carbons (Fsp3) is 0.294. The summed E-state index contributed by atoms with van der Waals surface area (Å²) < 4.78 is 1.32. The molecular formula is C17H18ClN5O2S. The molecule has 0 fully saturated rings. The molecule has 0 aliphatic heterocycles. The lowest BCUT2D eigenvalue weighted by molar-refractivity contribution is -0.117. The molecule has 0 bridgehead atoms. The lowest BCUT2D eigenvalue weighted by Gasteiger charge is -2.15. The summed E-state index contributed by atoms with van der Waals surface area (Å²) in [6, 6.07) is 8.37. The highest BCUT2D eigenvalue weighted by Gasteiger charge is 2.12. The molecule has 1 aromatic carbocycles. The number of aryl methyl sites for hydroxylation is 1. The molecule has 0 aliphatic carbocycles. The molecule has 136 valence electrons. The Kier molecular flexibility index (Phi) is 5.65. The Bertz CT molecular complexity index is 983. The molecular weight excluding hydrogens is 374 g/mol. The lowest BCUT2D eigenvalue weighted by Crippen LogP contribution is -2.30. The third-order valence-corrected chi connectivity index (χ3v) is 4.92. The quantitative estimate of drug-likeness (QED) is 0.698. The highest BCUT2D eigenvalue weighted by molar-refractivity contribution is 7.16. The molecule has 2 heterocycles. The monoisotopic (exact) mass is 391 g/mol. The first-order valence-electron chi connectivity index (χ1n) is 8.07. The predicted octanol–water partition coefficient (Wildman–Crippen LogP) is 2.44. The van der Waals surface area contributed by atoms with Crippen molar-refractivity contribution in [1.82, 2.24) is 19.5 Å². The van der Waals surface area contributed by atoms with Crippen molar-refractivity contribution < 1.29 is 4.79 Å². The van der Waals surface area contributed by atoms with E-state index in [1.165, 1.54) is 21.9 Å². The smallest absolute Gasteiger partial charge is 0.275 e. The van der Waals surface area contributed by atoms with Crippen LogP contribution in [-0.2, 0) is 17.8 Å². The fourth-order valence-corrected chi connectivity index (χ4v) is 3.41. The van der Waals surface area contributed by atoms with Gasteiger partial charge >= 0.3 is 0 Å². The molecule has 26 heavy (non-hydrogen) atoms. The Labute approximate surface area is 159 Å². The standard InChI is InChI=1S/C17H18ClN5O2S/c1-3-15-21-23-16(25)8-13(20-17(23)26-15)9-22(2)10-14(24)19-12-6-4-11(18)5-7-12/h4-8H,3,9-10H2,1-2H3,(H,19,24). The number of hydrogen-bond donors (Lipinski definition) is 1. The number of hydrogen-bond acceptors (Lipinski definition) is 6. The average Bonchev–Trinajstić information content (AvgIpc) is 3.00. The van der Waals surface area contributed by atoms with Crippen LogP contribution in [0.1, 0.15) is 17.6 Å². The van der Waals surface area contributed by atoms with Gasteiger partial charge < -0.3 is 5.32 Å². The fourth-order valence-electron chi connectivity index (χ4n) is 2.43. The van der Waals surface area contributed by atoms with E-state index in [0.717, 1.165) is 11.4 Å². The van der Waals surface area contributed by atoms with Crippen LogP contribution in [0.2, 0.25) is 5.02 Å². The summed E-state index contributed by atoms with van der Waals surface area (Å²) >= 11 is 7.23. The van der Waals surface area contributed by atoms with Gasteiger partial charge in [-0.2, -0.15) is 9.61 Å². The van der Waals surface area contributed by atoms with Crippen LogP contribution in [-0.4, -0.2) is 39.0 Å². The third kappa shape index (κ3) is 4.46. The van der Waals surface area contributed by atoms with E-state index in [1.54, 1.807) is 36.2 Å². The van der Waals surface area contributed by atoms with Crippen molar-refractivity contribution >= 4 is 39.5 Å². The number of anilines is 1. The second-order valence-corrected chi connectivity index (χ2v) is 7.33. The minimum atomic E-state index is -0.208. The van der Waals surface area contributed by atoms with E-state index in [4.69, 9.17) is 11.6 Å². The van der Waals surface area contributed by atoms with Gasteiger partial charge in [0.05, 0.1) is 12.2 Å². The summed E-state index contributed by atoms with van der Waals surface area (Å²) in [5.41, 5.74) is 1.09. The van der Waals surface area contributed by atoms with Crippen molar-refractivity contribution in [2.75, 3.05) is 18.9 Å². The van der Waals surface area contributed by atoms with E-state index in [-0.39, 0.29) is 18.0 Å². The van der Waals surface area contributed by atoms with Crippen molar-refractivity contribution in [3.8, 4) is 0 Å². The van der Waals surface area contributed by atoms with Gasteiger partial charge in [-0.15, -0.1) is 0 Å². The number of amides is 1. The molecule has 0 radical (unpaired) electrons. The second kappa shape index (κ2) is 7.94. The largest absolute Gasteiger partial charge is 0.325 e. The number of likely N-dealkylation sites (N-methyl/N-ethyl adjacent to an activating group) is 1. The number of aromatic nitrogens is 3. The number of halogens is 1. The van der Waals surface area contributed by atoms with Gasteiger partial charge in [-0.25, -0.2) is 4.98 Å². The number of carbonyl (C=O) groups is 1. The van der Waals surface area contributed by atoms with Crippen molar-refractivity contribution in [2.45, 2.75) is 19.9 Å². The van der Waals surface area contributed by atoms with Crippen LogP contribution in [0.4, 0.5) is 5.69 Å². The van der Waals surface area contributed by atoms with E-state index in [0.29, 0.717) is 27.9 Å². The SMILES string of the molecule is CCc1nn2c(=O)cc(CN(C)CC(=O)Nc3ccc(Cl)cc3)nc2s1. The van der Waals surface area contributed by atoms with Gasteiger partial charge in [0.2, 0.25) is 10.9 Å². The summed E-state index contributed by atoms with van der Waals surface area (Å²) in [4.78, 5) is 31.1. The molecule has 1 amide bonds. The summed E-state index contributed by atoms with van der Waals surface area (Å²) in [7, 11) is 1.80. The summed E-state index contributed by atoms with van der Waals surface area (Å²) in [6.45, 7) is 2.54. The van der Waals surface area contributed by atoms with E-state index in [2.05, 4.69) is 15.4 Å². The van der Waals surface area contributed by atoms with E-state index < -0.39 is 0 Å². The van der Waals surface area contributed by atoms with Crippen molar-refractivity contribution in [1.29, 1.82) is 0 Å². The zero-order valence-corrected chi connectivity index (χ0v) is 16.0. The highest BCUT2D eigenvalue weighted by Crippen LogP contribution is 2.14. The van der Waals surface area contributed by atoms with E-state index in [9.17, 15) is 9.59 Å². The molecule has 2 aromatic heterocycles. The van der Waals surface area contributed by atoms with Gasteiger partial charge in [-0.05, 0) is 37.7 Å². The molecule has 0 saturated heterocycles. The zero-order chi connectivity index (χ0) is 18.7. The molecule has 9 heteroatoms. The number of fused-ring (bicyclic) bond motifs is 1. The molecule has 3 rings (SSSR count). The number of benzene rings is 1. The minimum Gasteiger partial charge on any atom is -0.325 e. The van der Waals surface area contributed by atoms with Crippen LogP contribution in [0, 0.1) is 0 Å². The maximum atomic E-state index is 12.2. The lowest BCUT2D eigenvalue weighted by atomic mass is 10.3.